The first-order valence-corrected chi connectivity index (χ1v) is 3.92. The highest BCUT2D eigenvalue weighted by molar-refractivity contribution is 5.36. The first kappa shape index (κ1) is 9.80. The number of aromatic nitrogens is 1. The van der Waals surface area contributed by atoms with Gasteiger partial charge in [-0.1, -0.05) is 0 Å². The molecule has 1 aromatic heterocycles. The quantitative estimate of drug-likeness (QED) is 0.756. The molecule has 0 unspecified atom stereocenters. The highest BCUT2D eigenvalue weighted by atomic mass is 16.5. The Labute approximate surface area is 77.1 Å². The summed E-state index contributed by atoms with van der Waals surface area (Å²) in [5, 5.41) is 8.98. The summed E-state index contributed by atoms with van der Waals surface area (Å²) in [5.74, 6) is 0.930. The van der Waals surface area contributed by atoms with Crippen LogP contribution >= 0.6 is 0 Å². The Bertz CT molecular complexity index is 299. The van der Waals surface area contributed by atoms with Crippen LogP contribution in [0.15, 0.2) is 6.07 Å². The molecule has 1 rings (SSSR count). The average molecular weight is 183 g/mol. The van der Waals surface area contributed by atoms with Crippen molar-refractivity contribution in [1.29, 1.82) is 0 Å². The van der Waals surface area contributed by atoms with Gasteiger partial charge in [0, 0.05) is 11.1 Å². The Morgan fingerprint density at radius 3 is 2.38 bits per heavy atom. The molecule has 4 nitrogen and oxygen atoms in total. The Kier molecular flexibility index (Phi) is 3.08. The number of aliphatic hydroxyl groups is 1. The van der Waals surface area contributed by atoms with Gasteiger partial charge in [0.2, 0.25) is 11.8 Å². The van der Waals surface area contributed by atoms with E-state index >= 15 is 0 Å². The lowest BCUT2D eigenvalue weighted by molar-refractivity contribution is 0.269. The van der Waals surface area contributed by atoms with Gasteiger partial charge < -0.3 is 14.6 Å². The van der Waals surface area contributed by atoms with E-state index in [1.165, 1.54) is 7.11 Å². The maximum Gasteiger partial charge on any atom is 0.221 e. The van der Waals surface area contributed by atoms with E-state index in [0.717, 1.165) is 5.56 Å². The molecule has 0 bridgehead atoms. The zero-order valence-electron chi connectivity index (χ0n) is 8.00. The molecule has 0 aliphatic heterocycles. The minimum atomic E-state index is -0.0823. The molecule has 0 radical (unpaired) electrons. The van der Waals surface area contributed by atoms with Gasteiger partial charge >= 0.3 is 0 Å². The summed E-state index contributed by atoms with van der Waals surface area (Å²) in [5.41, 5.74) is 1.55. The summed E-state index contributed by atoms with van der Waals surface area (Å²) in [6.07, 6.45) is 0. The standard InChI is InChI=1S/C9H13NO3/c1-6-4-7(5-11)9(13-3)10-8(6)12-2/h4,11H,5H2,1-3H3. The molecule has 0 amide bonds. The van der Waals surface area contributed by atoms with Crippen LogP contribution in [0.5, 0.6) is 11.8 Å². The smallest absolute Gasteiger partial charge is 0.221 e. The van der Waals surface area contributed by atoms with Gasteiger partial charge in [0.15, 0.2) is 0 Å². The first-order chi connectivity index (χ1) is 6.22. The van der Waals surface area contributed by atoms with Crippen LogP contribution in [0.3, 0.4) is 0 Å². The molecule has 72 valence electrons. The predicted molar refractivity (Wildman–Crippen MR) is 48.0 cm³/mol. The minimum Gasteiger partial charge on any atom is -0.481 e. The summed E-state index contributed by atoms with van der Waals surface area (Å²) >= 11 is 0. The Morgan fingerprint density at radius 1 is 1.31 bits per heavy atom. The van der Waals surface area contributed by atoms with Crippen molar-refractivity contribution in [1.82, 2.24) is 4.98 Å². The second-order valence-electron chi connectivity index (χ2n) is 2.64. The van der Waals surface area contributed by atoms with E-state index in [1.54, 1.807) is 13.2 Å². The largest absolute Gasteiger partial charge is 0.481 e. The van der Waals surface area contributed by atoms with Crippen molar-refractivity contribution in [3.63, 3.8) is 0 Å². The zero-order chi connectivity index (χ0) is 9.84. The Balaban J connectivity index is 3.18. The fourth-order valence-electron chi connectivity index (χ4n) is 1.13. The van der Waals surface area contributed by atoms with Crippen molar-refractivity contribution in [3.8, 4) is 11.8 Å². The number of rotatable bonds is 3. The van der Waals surface area contributed by atoms with Crippen molar-refractivity contribution in [2.24, 2.45) is 0 Å². The molecule has 4 heteroatoms. The molecule has 13 heavy (non-hydrogen) atoms. The molecule has 0 atom stereocenters. The van der Waals surface area contributed by atoms with E-state index < -0.39 is 0 Å². The van der Waals surface area contributed by atoms with Crippen LogP contribution in [0.25, 0.3) is 0 Å². The summed E-state index contributed by atoms with van der Waals surface area (Å²) in [7, 11) is 3.06. The SMILES string of the molecule is COc1nc(OC)c(CO)cc1C. The first-order valence-electron chi connectivity index (χ1n) is 3.92. The Hall–Kier alpha value is -1.29. The van der Waals surface area contributed by atoms with E-state index in [9.17, 15) is 0 Å². The van der Waals surface area contributed by atoms with Crippen LogP contribution in [0, 0.1) is 6.92 Å². The number of hydrogen-bond acceptors (Lipinski definition) is 4. The topological polar surface area (TPSA) is 51.6 Å². The highest BCUT2D eigenvalue weighted by Gasteiger charge is 2.08. The van der Waals surface area contributed by atoms with Gasteiger partial charge in [-0.15, -0.1) is 0 Å². The summed E-state index contributed by atoms with van der Waals surface area (Å²) in [6.45, 7) is 1.78. The molecule has 0 saturated carbocycles. The normalized spacial score (nSPS) is 9.85. The molecule has 0 aromatic carbocycles. The highest BCUT2D eigenvalue weighted by Crippen LogP contribution is 2.23. The molecule has 1 heterocycles. The minimum absolute atomic E-state index is 0.0823. The van der Waals surface area contributed by atoms with Crippen LogP contribution in [-0.2, 0) is 6.61 Å². The maximum absolute atomic E-state index is 8.98. The van der Waals surface area contributed by atoms with Crippen LogP contribution < -0.4 is 9.47 Å². The number of nitrogens with zero attached hydrogens (tertiary/aromatic N) is 1. The summed E-state index contributed by atoms with van der Waals surface area (Å²) in [4.78, 5) is 4.08. The summed E-state index contributed by atoms with van der Waals surface area (Å²) in [6, 6.07) is 1.80. The van der Waals surface area contributed by atoms with Crippen molar-refractivity contribution in [3.05, 3.63) is 17.2 Å². The van der Waals surface area contributed by atoms with E-state index in [0.29, 0.717) is 17.3 Å². The average Bonchev–Trinajstić information content (AvgIpc) is 2.17. The van der Waals surface area contributed by atoms with Gasteiger partial charge in [-0.3, -0.25) is 0 Å². The van der Waals surface area contributed by atoms with Gasteiger partial charge in [-0.05, 0) is 13.0 Å². The van der Waals surface area contributed by atoms with Crippen LogP contribution in [0.1, 0.15) is 11.1 Å². The van der Waals surface area contributed by atoms with E-state index in [2.05, 4.69) is 4.98 Å². The monoisotopic (exact) mass is 183 g/mol. The van der Waals surface area contributed by atoms with Gasteiger partial charge in [-0.25, -0.2) is 0 Å². The van der Waals surface area contributed by atoms with E-state index in [4.69, 9.17) is 14.6 Å². The molecule has 0 saturated heterocycles. The van der Waals surface area contributed by atoms with Crippen LogP contribution in [-0.4, -0.2) is 24.3 Å². The van der Waals surface area contributed by atoms with Crippen molar-refractivity contribution >= 4 is 0 Å². The van der Waals surface area contributed by atoms with Crippen LogP contribution in [0.4, 0.5) is 0 Å². The number of aryl methyl sites for hydroxylation is 1. The van der Waals surface area contributed by atoms with E-state index in [-0.39, 0.29) is 6.61 Å². The maximum atomic E-state index is 8.98. The molecule has 0 aliphatic carbocycles. The molecule has 1 aromatic rings. The predicted octanol–water partition coefficient (Wildman–Crippen LogP) is 0.900. The lowest BCUT2D eigenvalue weighted by Gasteiger charge is -2.09. The lowest BCUT2D eigenvalue weighted by atomic mass is 10.2. The molecule has 0 spiro atoms. The molecular formula is C9H13NO3. The second kappa shape index (κ2) is 4.09. The van der Waals surface area contributed by atoms with Crippen molar-refractivity contribution in [2.45, 2.75) is 13.5 Å². The third-order valence-electron chi connectivity index (χ3n) is 1.76. The van der Waals surface area contributed by atoms with Gasteiger partial charge in [0.05, 0.1) is 20.8 Å². The molecule has 0 aliphatic rings. The van der Waals surface area contributed by atoms with Crippen molar-refractivity contribution < 1.29 is 14.6 Å². The van der Waals surface area contributed by atoms with Gasteiger partial charge in [-0.2, -0.15) is 4.98 Å². The third-order valence-corrected chi connectivity index (χ3v) is 1.76. The van der Waals surface area contributed by atoms with Crippen molar-refractivity contribution in [2.75, 3.05) is 14.2 Å². The third kappa shape index (κ3) is 1.89. The number of aliphatic hydroxyl groups excluding tert-OH is 1. The fourth-order valence-corrected chi connectivity index (χ4v) is 1.13. The van der Waals surface area contributed by atoms with Gasteiger partial charge in [0.1, 0.15) is 0 Å². The summed E-state index contributed by atoms with van der Waals surface area (Å²) < 4.78 is 10.00. The number of hydrogen-bond donors (Lipinski definition) is 1. The number of pyridine rings is 1. The lowest BCUT2D eigenvalue weighted by Crippen LogP contribution is -1.99. The molecule has 0 fully saturated rings. The molecule has 1 N–H and O–H groups in total. The van der Waals surface area contributed by atoms with E-state index in [1.807, 2.05) is 6.92 Å². The fraction of sp³-hybridized carbons (Fsp3) is 0.444. The number of ether oxygens (including phenoxy) is 2. The number of methoxy groups -OCH3 is 2. The Morgan fingerprint density at radius 2 is 1.92 bits per heavy atom. The van der Waals surface area contributed by atoms with Gasteiger partial charge in [0.25, 0.3) is 0 Å². The molecular weight excluding hydrogens is 170 g/mol. The van der Waals surface area contributed by atoms with Crippen LogP contribution in [0.2, 0.25) is 0 Å². The zero-order valence-corrected chi connectivity index (χ0v) is 8.00. The second-order valence-corrected chi connectivity index (χ2v) is 2.64.